The highest BCUT2D eigenvalue weighted by Crippen LogP contribution is 2.16. The molecule has 110 valence electrons. The van der Waals surface area contributed by atoms with E-state index in [0.717, 1.165) is 4.88 Å². The van der Waals surface area contributed by atoms with Crippen molar-refractivity contribution in [3.63, 3.8) is 0 Å². The van der Waals surface area contributed by atoms with Gasteiger partial charge in [-0.25, -0.2) is 4.79 Å². The number of amides is 1. The largest absolute Gasteiger partial charge is 0.467 e. The molecule has 0 aliphatic heterocycles. The molecular formula is C15H21NO3S. The molecule has 0 saturated carbocycles. The average Bonchev–Trinajstić information content (AvgIpc) is 2.80. The fourth-order valence-electron chi connectivity index (χ4n) is 1.75. The maximum Gasteiger partial charge on any atom is 0.328 e. The molecule has 1 aromatic rings. The molecule has 1 rings (SSSR count). The molecule has 20 heavy (non-hydrogen) atoms. The van der Waals surface area contributed by atoms with Gasteiger partial charge in [0.15, 0.2) is 0 Å². The van der Waals surface area contributed by atoms with E-state index in [2.05, 4.69) is 5.32 Å². The Morgan fingerprint density at radius 3 is 2.60 bits per heavy atom. The van der Waals surface area contributed by atoms with Gasteiger partial charge in [-0.1, -0.05) is 13.8 Å². The first kappa shape index (κ1) is 16.4. The van der Waals surface area contributed by atoms with Gasteiger partial charge >= 0.3 is 5.97 Å². The van der Waals surface area contributed by atoms with E-state index < -0.39 is 12.0 Å². The molecule has 0 radical (unpaired) electrons. The van der Waals surface area contributed by atoms with Crippen LogP contribution >= 0.6 is 11.3 Å². The number of hydrogen-bond acceptors (Lipinski definition) is 4. The van der Waals surface area contributed by atoms with Crippen LogP contribution < -0.4 is 5.32 Å². The number of thiophene rings is 1. The summed E-state index contributed by atoms with van der Waals surface area (Å²) in [5, 5.41) is 2.68. The summed E-state index contributed by atoms with van der Waals surface area (Å²) in [7, 11) is 1.33. The van der Waals surface area contributed by atoms with E-state index in [0.29, 0.717) is 12.3 Å². The lowest BCUT2D eigenvalue weighted by Crippen LogP contribution is -2.41. The zero-order chi connectivity index (χ0) is 15.1. The second kappa shape index (κ2) is 7.85. The summed E-state index contributed by atoms with van der Waals surface area (Å²) < 4.78 is 4.70. The maximum absolute atomic E-state index is 11.8. The smallest absolute Gasteiger partial charge is 0.328 e. The summed E-state index contributed by atoms with van der Waals surface area (Å²) in [5.74, 6) is -0.400. The Bertz CT molecular complexity index is 491. The monoisotopic (exact) mass is 295 g/mol. The molecule has 0 aliphatic carbocycles. The lowest BCUT2D eigenvalue weighted by atomic mass is 10.0. The number of aryl methyl sites for hydroxylation is 1. The number of esters is 1. The highest BCUT2D eigenvalue weighted by molar-refractivity contribution is 7.12. The number of ether oxygens (including phenoxy) is 1. The van der Waals surface area contributed by atoms with Crippen molar-refractivity contribution >= 4 is 29.3 Å². The van der Waals surface area contributed by atoms with Crippen LogP contribution in [0.5, 0.6) is 0 Å². The summed E-state index contributed by atoms with van der Waals surface area (Å²) in [4.78, 5) is 25.6. The Labute approximate surface area is 123 Å². The molecule has 1 heterocycles. The van der Waals surface area contributed by atoms with Gasteiger partial charge in [0.2, 0.25) is 5.91 Å². The number of nitrogens with one attached hydrogen (secondary N) is 1. The van der Waals surface area contributed by atoms with Crippen LogP contribution in [0.25, 0.3) is 6.08 Å². The van der Waals surface area contributed by atoms with Crippen LogP contribution in [-0.4, -0.2) is 25.0 Å². The first-order chi connectivity index (χ1) is 9.42. The van der Waals surface area contributed by atoms with Crippen molar-refractivity contribution < 1.29 is 14.3 Å². The van der Waals surface area contributed by atoms with Crippen molar-refractivity contribution in [2.45, 2.75) is 33.2 Å². The highest BCUT2D eigenvalue weighted by Gasteiger charge is 2.21. The molecular weight excluding hydrogens is 274 g/mol. The minimum Gasteiger partial charge on any atom is -0.467 e. The van der Waals surface area contributed by atoms with Gasteiger partial charge in [0.05, 0.1) is 7.11 Å². The normalized spacial score (nSPS) is 12.7. The summed E-state index contributed by atoms with van der Waals surface area (Å²) in [6.07, 6.45) is 3.75. The number of rotatable bonds is 6. The third-order valence-electron chi connectivity index (χ3n) is 2.67. The van der Waals surface area contributed by atoms with Gasteiger partial charge in [-0.05, 0) is 37.5 Å². The van der Waals surface area contributed by atoms with Crippen LogP contribution in [0, 0.1) is 12.8 Å². The van der Waals surface area contributed by atoms with Gasteiger partial charge in [-0.2, -0.15) is 0 Å². The van der Waals surface area contributed by atoms with Crippen molar-refractivity contribution in [2.24, 2.45) is 5.92 Å². The first-order valence-electron chi connectivity index (χ1n) is 6.55. The van der Waals surface area contributed by atoms with Crippen molar-refractivity contribution in [2.75, 3.05) is 7.11 Å². The van der Waals surface area contributed by atoms with Crippen molar-refractivity contribution in [1.29, 1.82) is 0 Å². The number of hydrogen-bond donors (Lipinski definition) is 1. The van der Waals surface area contributed by atoms with E-state index in [1.807, 2.05) is 32.9 Å². The fourth-order valence-corrected chi connectivity index (χ4v) is 2.53. The molecule has 1 aromatic heterocycles. The summed E-state index contributed by atoms with van der Waals surface area (Å²) in [5.41, 5.74) is 0. The Morgan fingerprint density at radius 2 is 2.10 bits per heavy atom. The van der Waals surface area contributed by atoms with Crippen LogP contribution in [0.3, 0.4) is 0 Å². The van der Waals surface area contributed by atoms with E-state index >= 15 is 0 Å². The molecule has 1 N–H and O–H groups in total. The average molecular weight is 295 g/mol. The molecule has 1 amide bonds. The number of methoxy groups -OCH3 is 1. The van der Waals surface area contributed by atoms with Crippen LogP contribution in [-0.2, 0) is 14.3 Å². The molecule has 1 atom stereocenters. The quantitative estimate of drug-likeness (QED) is 0.648. The molecule has 0 aromatic carbocycles. The van der Waals surface area contributed by atoms with Gasteiger partial charge in [-0.15, -0.1) is 11.3 Å². The third kappa shape index (κ3) is 5.57. The van der Waals surface area contributed by atoms with E-state index in [4.69, 9.17) is 4.74 Å². The van der Waals surface area contributed by atoms with Crippen LogP contribution in [0.2, 0.25) is 0 Å². The SMILES string of the molecule is COC(=O)C(CC(C)C)NC(=O)/C=C/c1ccc(C)s1. The molecule has 0 aliphatic rings. The lowest BCUT2D eigenvalue weighted by Gasteiger charge is -2.17. The van der Waals surface area contributed by atoms with Crippen LogP contribution in [0.15, 0.2) is 18.2 Å². The van der Waals surface area contributed by atoms with Gasteiger partial charge in [0.1, 0.15) is 6.04 Å². The van der Waals surface area contributed by atoms with Gasteiger partial charge in [0.25, 0.3) is 0 Å². The Kier molecular flexibility index (Phi) is 6.45. The van der Waals surface area contributed by atoms with E-state index in [1.165, 1.54) is 18.1 Å². The van der Waals surface area contributed by atoms with Crippen molar-refractivity contribution in [1.82, 2.24) is 5.32 Å². The Morgan fingerprint density at radius 1 is 1.40 bits per heavy atom. The van der Waals surface area contributed by atoms with Crippen LogP contribution in [0.1, 0.15) is 30.0 Å². The molecule has 5 heteroatoms. The van der Waals surface area contributed by atoms with Crippen LogP contribution in [0.4, 0.5) is 0 Å². The molecule has 0 spiro atoms. The fraction of sp³-hybridized carbons (Fsp3) is 0.467. The first-order valence-corrected chi connectivity index (χ1v) is 7.37. The standard InChI is InChI=1S/C15H21NO3S/c1-10(2)9-13(15(18)19-4)16-14(17)8-7-12-6-5-11(3)20-12/h5-8,10,13H,9H2,1-4H3,(H,16,17)/b8-7+. The summed E-state index contributed by atoms with van der Waals surface area (Å²) >= 11 is 1.61. The predicted octanol–water partition coefficient (Wildman–Crippen LogP) is 2.77. The van der Waals surface area contributed by atoms with E-state index in [1.54, 1.807) is 17.4 Å². The van der Waals surface area contributed by atoms with E-state index in [-0.39, 0.29) is 5.91 Å². The molecule has 0 fully saturated rings. The second-order valence-corrected chi connectivity index (χ2v) is 6.32. The summed E-state index contributed by atoms with van der Waals surface area (Å²) in [6, 6.07) is 3.36. The van der Waals surface area contributed by atoms with Crippen molar-refractivity contribution in [3.8, 4) is 0 Å². The highest BCUT2D eigenvalue weighted by atomic mass is 32.1. The molecule has 0 saturated heterocycles. The third-order valence-corrected chi connectivity index (χ3v) is 3.64. The zero-order valence-electron chi connectivity index (χ0n) is 12.3. The summed E-state index contributed by atoms with van der Waals surface area (Å²) in [6.45, 7) is 6.00. The Hall–Kier alpha value is -1.62. The maximum atomic E-state index is 11.8. The molecule has 1 unspecified atom stereocenters. The van der Waals surface area contributed by atoms with Gasteiger partial charge in [-0.3, -0.25) is 4.79 Å². The van der Waals surface area contributed by atoms with E-state index in [9.17, 15) is 9.59 Å². The van der Waals surface area contributed by atoms with Gasteiger partial charge < -0.3 is 10.1 Å². The Balaban J connectivity index is 2.61. The number of carbonyl (C=O) groups is 2. The number of carbonyl (C=O) groups excluding carboxylic acids is 2. The van der Waals surface area contributed by atoms with Crippen molar-refractivity contribution in [3.05, 3.63) is 28.0 Å². The second-order valence-electron chi connectivity index (χ2n) is 5.00. The predicted molar refractivity (Wildman–Crippen MR) is 81.5 cm³/mol. The minimum atomic E-state index is -0.595. The lowest BCUT2D eigenvalue weighted by molar-refractivity contribution is -0.145. The zero-order valence-corrected chi connectivity index (χ0v) is 13.1. The minimum absolute atomic E-state index is 0.285. The van der Waals surface area contributed by atoms with Gasteiger partial charge in [0, 0.05) is 15.8 Å². The topological polar surface area (TPSA) is 55.4 Å². The molecule has 4 nitrogen and oxygen atoms in total. The molecule has 0 bridgehead atoms.